The molecule has 0 fully saturated rings. The first-order chi connectivity index (χ1) is 24.0. The van der Waals surface area contributed by atoms with E-state index in [0.717, 1.165) is 11.1 Å². The molecule has 0 saturated carbocycles. The number of ether oxygens (including phenoxy) is 2. The third-order valence-corrected chi connectivity index (χ3v) is 8.26. The molecule has 0 aliphatic heterocycles. The van der Waals surface area contributed by atoms with Crippen LogP contribution in [0.15, 0.2) is 84.9 Å². The number of hydrogen-bond acceptors (Lipinski definition) is 10. The van der Waals surface area contributed by atoms with Crippen molar-refractivity contribution in [2.75, 3.05) is 0 Å². The molecule has 0 amide bonds. The van der Waals surface area contributed by atoms with Gasteiger partial charge in [0.25, 0.3) is 0 Å². The number of nitrogens with zero attached hydrogens (tertiary/aromatic N) is 6. The molecule has 5 aromatic carbocycles. The number of fused-ring (bicyclic) bond motifs is 2. The number of carbonyl (C=O) groups is 2. The average Bonchev–Trinajstić information content (AvgIpc) is 3.72. The SMILES string of the molecule is Cc1cc(COC(=O)c2cccc(C(=O)OCc3cc(C)cc(-n4nc5ccc(Cl)cc5n4)c3O)c2)c(O)c(-n2nc3ccc(Cl)cc3n2)c1. The summed E-state index contributed by atoms with van der Waals surface area (Å²) in [6.45, 7) is 3.13. The first-order valence-electron chi connectivity index (χ1n) is 15.2. The van der Waals surface area contributed by atoms with Crippen LogP contribution in [0, 0.1) is 13.8 Å². The molecule has 0 saturated heterocycles. The lowest BCUT2D eigenvalue weighted by Crippen LogP contribution is -2.10. The minimum absolute atomic E-state index is 0.0984. The number of phenolic OH excluding ortho intramolecular Hbond substituents is 2. The van der Waals surface area contributed by atoms with Crippen LogP contribution in [0.4, 0.5) is 0 Å². The van der Waals surface area contributed by atoms with E-state index in [1.165, 1.54) is 33.9 Å². The molecular weight excluding hydrogens is 683 g/mol. The van der Waals surface area contributed by atoms with Crippen LogP contribution in [0.25, 0.3) is 33.4 Å². The van der Waals surface area contributed by atoms with Crippen LogP contribution in [0.3, 0.4) is 0 Å². The van der Waals surface area contributed by atoms with Gasteiger partial charge in [0.2, 0.25) is 0 Å². The summed E-state index contributed by atoms with van der Waals surface area (Å²) in [6, 6.07) is 22.8. The summed E-state index contributed by atoms with van der Waals surface area (Å²) in [4.78, 5) is 28.7. The van der Waals surface area contributed by atoms with Crippen molar-refractivity contribution in [1.82, 2.24) is 30.0 Å². The second-order valence-electron chi connectivity index (χ2n) is 11.6. The second-order valence-corrected chi connectivity index (χ2v) is 12.4. The Bertz CT molecular complexity index is 2310. The number of carbonyl (C=O) groups excluding carboxylic acids is 2. The van der Waals surface area contributed by atoms with E-state index in [0.29, 0.717) is 54.6 Å². The van der Waals surface area contributed by atoms with Crippen LogP contribution in [-0.4, -0.2) is 52.1 Å². The molecule has 0 aliphatic rings. The molecule has 7 rings (SSSR count). The number of phenols is 2. The highest BCUT2D eigenvalue weighted by Crippen LogP contribution is 2.31. The highest BCUT2D eigenvalue weighted by Gasteiger charge is 2.19. The summed E-state index contributed by atoms with van der Waals surface area (Å²) in [6.07, 6.45) is 0. The summed E-state index contributed by atoms with van der Waals surface area (Å²) in [5, 5.41) is 40.8. The molecule has 250 valence electrons. The number of aryl methyl sites for hydroxylation is 2. The lowest BCUT2D eigenvalue weighted by atomic mass is 10.1. The topological polar surface area (TPSA) is 154 Å². The zero-order valence-corrected chi connectivity index (χ0v) is 28.0. The Balaban J connectivity index is 1.04. The minimum atomic E-state index is -0.721. The first-order valence-corrected chi connectivity index (χ1v) is 15.9. The monoisotopic (exact) mass is 708 g/mol. The maximum absolute atomic E-state index is 13.1. The van der Waals surface area contributed by atoms with Crippen molar-refractivity contribution in [3.05, 3.63) is 128 Å². The molecule has 2 N–H and O–H groups in total. The first kappa shape index (κ1) is 32.6. The molecule has 50 heavy (non-hydrogen) atoms. The van der Waals surface area contributed by atoms with Crippen molar-refractivity contribution >= 4 is 57.2 Å². The highest BCUT2D eigenvalue weighted by atomic mass is 35.5. The van der Waals surface area contributed by atoms with Crippen LogP contribution in [-0.2, 0) is 22.7 Å². The van der Waals surface area contributed by atoms with E-state index < -0.39 is 11.9 Å². The maximum atomic E-state index is 13.1. The van der Waals surface area contributed by atoms with Crippen LogP contribution in [0.1, 0.15) is 43.0 Å². The fourth-order valence-electron chi connectivity index (χ4n) is 5.41. The lowest BCUT2D eigenvalue weighted by molar-refractivity contribution is 0.0468. The number of esters is 2. The largest absolute Gasteiger partial charge is 0.505 e. The third kappa shape index (κ3) is 6.53. The molecule has 0 bridgehead atoms. The Kier molecular flexibility index (Phi) is 8.56. The summed E-state index contributed by atoms with van der Waals surface area (Å²) in [5.41, 5.74) is 5.32. The Labute approximate surface area is 294 Å². The van der Waals surface area contributed by atoms with Crippen molar-refractivity contribution in [2.24, 2.45) is 0 Å². The average molecular weight is 710 g/mol. The molecule has 12 nitrogen and oxygen atoms in total. The lowest BCUT2D eigenvalue weighted by Gasteiger charge is -2.12. The van der Waals surface area contributed by atoms with Crippen LogP contribution in [0.2, 0.25) is 10.0 Å². The molecule has 0 unspecified atom stereocenters. The van der Waals surface area contributed by atoms with Crippen LogP contribution < -0.4 is 0 Å². The molecule has 2 heterocycles. The van der Waals surface area contributed by atoms with Gasteiger partial charge in [0.1, 0.15) is 58.2 Å². The van der Waals surface area contributed by atoms with E-state index in [1.807, 2.05) is 13.8 Å². The van der Waals surface area contributed by atoms with Gasteiger partial charge in [-0.3, -0.25) is 0 Å². The fourth-order valence-corrected chi connectivity index (χ4v) is 5.74. The van der Waals surface area contributed by atoms with Gasteiger partial charge in [-0.1, -0.05) is 29.3 Å². The van der Waals surface area contributed by atoms with E-state index in [-0.39, 0.29) is 35.8 Å². The van der Waals surface area contributed by atoms with Gasteiger partial charge in [-0.15, -0.1) is 30.0 Å². The van der Waals surface area contributed by atoms with Gasteiger partial charge in [0.15, 0.2) is 0 Å². The summed E-state index contributed by atoms with van der Waals surface area (Å²) >= 11 is 12.2. The standard InChI is InChI=1S/C36H26Cl2N6O6/c1-19-10-23(33(45)31(12-19)43-39-27-8-6-25(37)15-29(27)41-43)17-49-35(47)21-4-3-5-22(14-21)36(48)50-18-24-11-20(2)13-32(34(24)46)44-40-28-9-7-26(38)16-30(28)42-44/h3-16,45-46H,17-18H2,1-2H3. The van der Waals surface area contributed by atoms with Gasteiger partial charge < -0.3 is 19.7 Å². The van der Waals surface area contributed by atoms with Gasteiger partial charge >= 0.3 is 11.9 Å². The highest BCUT2D eigenvalue weighted by molar-refractivity contribution is 6.31. The number of hydrogen-bond donors (Lipinski definition) is 2. The van der Waals surface area contributed by atoms with Gasteiger partial charge in [0.05, 0.1) is 11.1 Å². The molecule has 0 atom stereocenters. The zero-order valence-electron chi connectivity index (χ0n) is 26.5. The predicted molar refractivity (Wildman–Crippen MR) is 185 cm³/mol. The van der Waals surface area contributed by atoms with Crippen LogP contribution >= 0.6 is 23.2 Å². The number of aromatic hydroxyl groups is 2. The quantitative estimate of drug-likeness (QED) is 0.155. The molecule has 14 heteroatoms. The number of aromatic nitrogens is 6. The molecule has 0 radical (unpaired) electrons. The molecular formula is C36H26Cl2N6O6. The van der Waals surface area contributed by atoms with E-state index in [9.17, 15) is 19.8 Å². The predicted octanol–water partition coefficient (Wildman–Crippen LogP) is 7.20. The fraction of sp³-hybridized carbons (Fsp3) is 0.111. The Morgan fingerprint density at radius 3 is 1.46 bits per heavy atom. The number of benzene rings is 5. The van der Waals surface area contributed by atoms with Gasteiger partial charge in [-0.25, -0.2) is 9.59 Å². The number of rotatable bonds is 8. The molecule has 7 aromatic rings. The van der Waals surface area contributed by atoms with Crippen molar-refractivity contribution in [3.63, 3.8) is 0 Å². The van der Waals surface area contributed by atoms with Gasteiger partial charge in [0, 0.05) is 21.2 Å². The summed E-state index contributed by atoms with van der Waals surface area (Å²) in [5.74, 6) is -1.76. The minimum Gasteiger partial charge on any atom is -0.505 e. The summed E-state index contributed by atoms with van der Waals surface area (Å²) in [7, 11) is 0. The van der Waals surface area contributed by atoms with Crippen molar-refractivity contribution in [1.29, 1.82) is 0 Å². The van der Waals surface area contributed by atoms with Gasteiger partial charge in [-0.2, -0.15) is 0 Å². The smallest absolute Gasteiger partial charge is 0.338 e. The number of halogens is 2. The Hall–Kier alpha value is -5.98. The van der Waals surface area contributed by atoms with Crippen molar-refractivity contribution < 1.29 is 29.3 Å². The van der Waals surface area contributed by atoms with Crippen molar-refractivity contribution in [3.8, 4) is 22.9 Å². The Morgan fingerprint density at radius 2 is 1.02 bits per heavy atom. The molecule has 2 aromatic heterocycles. The molecule has 0 aliphatic carbocycles. The normalized spacial score (nSPS) is 11.3. The van der Waals surface area contributed by atoms with E-state index in [2.05, 4.69) is 20.4 Å². The van der Waals surface area contributed by atoms with E-state index >= 15 is 0 Å². The summed E-state index contributed by atoms with van der Waals surface area (Å²) < 4.78 is 11.0. The maximum Gasteiger partial charge on any atom is 0.338 e. The van der Waals surface area contributed by atoms with Crippen molar-refractivity contribution in [2.45, 2.75) is 27.1 Å². The Morgan fingerprint density at radius 1 is 0.600 bits per heavy atom. The third-order valence-electron chi connectivity index (χ3n) is 7.79. The second kappa shape index (κ2) is 13.1. The van der Waals surface area contributed by atoms with E-state index in [1.54, 1.807) is 60.7 Å². The van der Waals surface area contributed by atoms with Gasteiger partial charge in [-0.05, 0) is 104 Å². The van der Waals surface area contributed by atoms with E-state index in [4.69, 9.17) is 32.7 Å². The zero-order chi connectivity index (χ0) is 35.1. The molecule has 0 spiro atoms. The van der Waals surface area contributed by atoms with Crippen LogP contribution in [0.5, 0.6) is 11.5 Å².